The lowest BCUT2D eigenvalue weighted by atomic mass is 10.2. The molecule has 1 aromatic carbocycles. The lowest BCUT2D eigenvalue weighted by Gasteiger charge is -2.17. The molecule has 0 aliphatic heterocycles. The van der Waals surface area contributed by atoms with Crippen LogP contribution < -0.4 is 9.61 Å². The monoisotopic (exact) mass is 439 g/mol. The number of nitrogens with zero attached hydrogens (tertiary/aromatic N) is 3. The average molecular weight is 440 g/mol. The molecule has 0 spiro atoms. The molecule has 3 rings (SSSR count). The number of aliphatic carboxylic acids is 1. The molecule has 0 saturated carbocycles. The lowest BCUT2D eigenvalue weighted by Crippen LogP contribution is -2.15. The second-order valence-corrected chi connectivity index (χ2v) is 7.45. The summed E-state index contributed by atoms with van der Waals surface area (Å²) in [6.45, 7) is 3.97. The van der Waals surface area contributed by atoms with E-state index in [1.165, 1.54) is 4.57 Å². The summed E-state index contributed by atoms with van der Waals surface area (Å²) in [7, 11) is 0. The fourth-order valence-electron chi connectivity index (χ4n) is 2.61. The Morgan fingerprint density at radius 2 is 1.97 bits per heavy atom. The Bertz CT molecular complexity index is 1030. The van der Waals surface area contributed by atoms with Crippen LogP contribution in [0.15, 0.2) is 29.3 Å². The molecule has 0 saturated heterocycles. The van der Waals surface area contributed by atoms with Gasteiger partial charge in [-0.25, -0.2) is 9.97 Å². The number of hydrogen-bond acceptors (Lipinski definition) is 6. The number of aromatic nitrogens is 3. The Morgan fingerprint density at radius 3 is 2.55 bits per heavy atom. The first-order chi connectivity index (χ1) is 12.9. The summed E-state index contributed by atoms with van der Waals surface area (Å²) in [5.74, 6) is 0.0366. The number of rotatable bonds is 7. The van der Waals surface area contributed by atoms with E-state index in [-0.39, 0.29) is 38.8 Å². The second-order valence-electron chi connectivity index (χ2n) is 6.05. The Kier molecular flexibility index (Phi) is 8.79. The number of carboxylic acids is 1. The number of aryl methyl sites for hydroxylation is 2. The molecule has 7 nitrogen and oxygen atoms in total. The van der Waals surface area contributed by atoms with E-state index in [0.717, 1.165) is 16.9 Å². The highest BCUT2D eigenvalue weighted by molar-refractivity contribution is 7.16. The van der Waals surface area contributed by atoms with Gasteiger partial charge in [-0.05, 0) is 25.0 Å². The fraction of sp³-hybridized carbons (Fsp3) is 0.400. The first-order valence-electron chi connectivity index (χ1n) is 8.39. The number of hydrogen-bond donors (Lipinski definition) is 1. The minimum Gasteiger partial charge on any atom is -0.481 e. The third-order valence-corrected chi connectivity index (χ3v) is 5.24. The molecule has 0 aliphatic rings. The second kappa shape index (κ2) is 10.4. The highest BCUT2D eigenvalue weighted by Gasteiger charge is 2.18. The van der Waals surface area contributed by atoms with Crippen LogP contribution in [-0.4, -0.2) is 25.6 Å². The molecule has 1 N–H and O–H groups in total. The summed E-state index contributed by atoms with van der Waals surface area (Å²) in [5.41, 5.74) is 1.56. The van der Waals surface area contributed by atoms with Crippen molar-refractivity contribution < 1.29 is 14.6 Å². The summed E-state index contributed by atoms with van der Waals surface area (Å²) in [4.78, 5) is 31.4. The smallest absolute Gasteiger partial charge is 0.308 e. The van der Waals surface area contributed by atoms with Gasteiger partial charge in [0.25, 0.3) is 0 Å². The number of ether oxygens (including phenoxy) is 1. The first kappa shape index (κ1) is 24.6. The van der Waals surface area contributed by atoms with Crippen LogP contribution in [0.1, 0.15) is 52.1 Å². The number of carbonyl (C=O) groups is 1. The van der Waals surface area contributed by atoms with Crippen molar-refractivity contribution in [2.45, 2.75) is 54.2 Å². The van der Waals surface area contributed by atoms with Crippen LogP contribution in [0.2, 0.25) is 5.02 Å². The molecule has 0 aliphatic carbocycles. The minimum atomic E-state index is -0.962. The maximum absolute atomic E-state index is 12.2. The van der Waals surface area contributed by atoms with Gasteiger partial charge in [0, 0.05) is 25.0 Å². The van der Waals surface area contributed by atoms with E-state index in [1.807, 2.05) is 13.8 Å². The van der Waals surface area contributed by atoms with E-state index in [2.05, 4.69) is 9.97 Å². The van der Waals surface area contributed by atoms with Gasteiger partial charge in [-0.2, -0.15) is 0 Å². The van der Waals surface area contributed by atoms with Gasteiger partial charge in [0.1, 0.15) is 5.75 Å². The quantitative estimate of drug-likeness (QED) is 0.550. The third kappa shape index (κ3) is 5.55. The highest BCUT2D eigenvalue weighted by Crippen LogP contribution is 2.34. The Hall–Kier alpha value is -2.45. The Balaban J connectivity index is 0.00000210. The molecule has 9 heteroatoms. The van der Waals surface area contributed by atoms with Crippen molar-refractivity contribution in [2.24, 2.45) is 0 Å². The number of carboxylic acid groups (broad SMARTS) is 1. The van der Waals surface area contributed by atoms with Crippen LogP contribution in [-0.2, 0) is 11.3 Å². The molecule has 0 unspecified atom stereocenters. The molecule has 0 bridgehead atoms. The van der Waals surface area contributed by atoms with E-state index in [9.17, 15) is 9.59 Å². The maximum atomic E-state index is 12.2. The van der Waals surface area contributed by atoms with Gasteiger partial charge in [0.05, 0.1) is 21.7 Å². The number of benzene rings is 1. The average Bonchev–Trinajstić information content (AvgIpc) is 2.93. The van der Waals surface area contributed by atoms with Crippen LogP contribution in [0.25, 0.3) is 10.2 Å². The molecule has 0 fully saturated rings. The predicted molar refractivity (Wildman–Crippen MR) is 117 cm³/mol. The molecule has 158 valence electrons. The largest absolute Gasteiger partial charge is 0.481 e. The molecule has 29 heavy (non-hydrogen) atoms. The third-order valence-electron chi connectivity index (χ3n) is 4.00. The molecule has 3 aromatic rings. The number of halogens is 1. The van der Waals surface area contributed by atoms with Crippen LogP contribution in [0, 0.1) is 6.92 Å². The summed E-state index contributed by atoms with van der Waals surface area (Å²) >= 11 is 7.40. The summed E-state index contributed by atoms with van der Waals surface area (Å²) in [6, 6.07) is 3.34. The zero-order chi connectivity index (χ0) is 19.6. The minimum absolute atomic E-state index is 0. The van der Waals surface area contributed by atoms with Gasteiger partial charge in [0.2, 0.25) is 0 Å². The van der Waals surface area contributed by atoms with Crippen LogP contribution >= 0.6 is 22.9 Å². The van der Waals surface area contributed by atoms with E-state index in [1.54, 1.807) is 24.5 Å². The molecular weight excluding hydrogens is 414 g/mol. The van der Waals surface area contributed by atoms with Gasteiger partial charge < -0.3 is 9.84 Å². The number of thiazole rings is 1. The standard InChI is InChI=1S/C18H18ClN3O4S.2CH4/c1-3-13(17-20-8-10(2)9-21-17)26-14-7-15-12(6-11(14)19)22(18(25)27-15)5-4-16(23)24;;/h6-9,13H,3-5H2,1-2H3,(H,23,24);2*1H4/t13-;;/m1../s1. The molecule has 0 amide bonds. The Labute approximate surface area is 179 Å². The van der Waals surface area contributed by atoms with Crippen molar-refractivity contribution in [2.75, 3.05) is 0 Å². The van der Waals surface area contributed by atoms with E-state index in [0.29, 0.717) is 33.2 Å². The van der Waals surface area contributed by atoms with Crippen molar-refractivity contribution in [3.63, 3.8) is 0 Å². The van der Waals surface area contributed by atoms with Crippen LogP contribution in [0.5, 0.6) is 5.75 Å². The van der Waals surface area contributed by atoms with Crippen molar-refractivity contribution in [1.82, 2.24) is 14.5 Å². The van der Waals surface area contributed by atoms with Gasteiger partial charge >= 0.3 is 10.8 Å². The molecule has 0 radical (unpaired) electrons. The van der Waals surface area contributed by atoms with Crippen molar-refractivity contribution in [3.05, 3.63) is 50.6 Å². The molecule has 1 atom stereocenters. The maximum Gasteiger partial charge on any atom is 0.308 e. The van der Waals surface area contributed by atoms with Gasteiger partial charge in [-0.3, -0.25) is 14.2 Å². The van der Waals surface area contributed by atoms with Crippen molar-refractivity contribution in [3.8, 4) is 5.75 Å². The topological polar surface area (TPSA) is 94.3 Å². The van der Waals surface area contributed by atoms with E-state index < -0.39 is 5.97 Å². The van der Waals surface area contributed by atoms with Crippen LogP contribution in [0.3, 0.4) is 0 Å². The molecule has 2 heterocycles. The SMILES string of the molecule is C.C.CC[C@@H](Oc1cc2sc(=O)n(CCC(=O)O)c2cc1Cl)c1ncc(C)cn1. The Morgan fingerprint density at radius 1 is 1.31 bits per heavy atom. The normalized spacial score (nSPS) is 11.4. The number of fused-ring (bicyclic) bond motifs is 1. The van der Waals surface area contributed by atoms with E-state index in [4.69, 9.17) is 21.4 Å². The van der Waals surface area contributed by atoms with Crippen LogP contribution in [0.4, 0.5) is 0 Å². The summed E-state index contributed by atoms with van der Waals surface area (Å²) in [6.07, 6.45) is 3.60. The van der Waals surface area contributed by atoms with Crippen molar-refractivity contribution >= 4 is 39.1 Å². The fourth-order valence-corrected chi connectivity index (χ4v) is 3.74. The van der Waals surface area contributed by atoms with Gasteiger partial charge in [0.15, 0.2) is 11.9 Å². The van der Waals surface area contributed by atoms with E-state index >= 15 is 0 Å². The molecular formula is C20H26ClN3O4S. The summed E-state index contributed by atoms with van der Waals surface area (Å²) < 4.78 is 8.13. The summed E-state index contributed by atoms with van der Waals surface area (Å²) in [5, 5.41) is 9.20. The predicted octanol–water partition coefficient (Wildman–Crippen LogP) is 5.09. The zero-order valence-corrected chi connectivity index (χ0v) is 16.4. The zero-order valence-electron chi connectivity index (χ0n) is 14.8. The first-order valence-corrected chi connectivity index (χ1v) is 9.58. The highest BCUT2D eigenvalue weighted by atomic mass is 35.5. The van der Waals surface area contributed by atoms with Crippen molar-refractivity contribution in [1.29, 1.82) is 0 Å². The van der Waals surface area contributed by atoms with Gasteiger partial charge in [-0.1, -0.05) is 44.7 Å². The lowest BCUT2D eigenvalue weighted by molar-refractivity contribution is -0.137. The molecule has 2 aromatic heterocycles. The van der Waals surface area contributed by atoms with Gasteiger partial charge in [-0.15, -0.1) is 0 Å².